The normalized spacial score (nSPS) is 11.0. The first kappa shape index (κ1) is 10.7. The van der Waals surface area contributed by atoms with Crippen LogP contribution in [0.4, 0.5) is 8.78 Å². The first-order valence-electron chi connectivity index (χ1n) is 4.18. The summed E-state index contributed by atoms with van der Waals surface area (Å²) in [5, 5.41) is 0. The molecule has 0 saturated carbocycles. The standard InChI is InChI=1S/C9H11F2NO2/c1-5(2)6-3-4-7(13)12-8(6)14-9(10)11/h3-5,9H,1-2H3,(H,12,13). The van der Waals surface area contributed by atoms with E-state index in [0.29, 0.717) is 5.56 Å². The Morgan fingerprint density at radius 3 is 2.50 bits per heavy atom. The van der Waals surface area contributed by atoms with Crippen molar-refractivity contribution in [1.29, 1.82) is 0 Å². The maximum Gasteiger partial charge on any atom is 0.388 e. The smallest absolute Gasteiger partial charge is 0.388 e. The number of hydrogen-bond acceptors (Lipinski definition) is 2. The zero-order chi connectivity index (χ0) is 10.7. The minimum Gasteiger partial charge on any atom is -0.419 e. The Balaban J connectivity index is 3.09. The highest BCUT2D eigenvalue weighted by atomic mass is 19.3. The number of hydrogen-bond donors (Lipinski definition) is 1. The third-order valence-electron chi connectivity index (χ3n) is 1.74. The SMILES string of the molecule is CC(C)c1ccc(=O)[nH]c1OC(F)F. The van der Waals surface area contributed by atoms with Gasteiger partial charge in [-0.15, -0.1) is 0 Å². The largest absolute Gasteiger partial charge is 0.419 e. The first-order valence-corrected chi connectivity index (χ1v) is 4.18. The van der Waals surface area contributed by atoms with Crippen molar-refractivity contribution in [3.63, 3.8) is 0 Å². The summed E-state index contributed by atoms with van der Waals surface area (Å²) in [6.45, 7) is 0.725. The molecule has 0 aliphatic rings. The molecule has 0 aliphatic carbocycles. The minimum absolute atomic E-state index is 0.0144. The molecule has 1 N–H and O–H groups in total. The zero-order valence-corrected chi connectivity index (χ0v) is 7.88. The van der Waals surface area contributed by atoms with E-state index in [0.717, 1.165) is 0 Å². The van der Waals surface area contributed by atoms with Gasteiger partial charge in [0.25, 0.3) is 5.56 Å². The highest BCUT2D eigenvalue weighted by Crippen LogP contribution is 2.23. The summed E-state index contributed by atoms with van der Waals surface area (Å²) in [6.07, 6.45) is 0. The topological polar surface area (TPSA) is 42.1 Å². The van der Waals surface area contributed by atoms with Crippen molar-refractivity contribution < 1.29 is 13.5 Å². The summed E-state index contributed by atoms with van der Waals surface area (Å²) < 4.78 is 28.1. The number of nitrogens with one attached hydrogen (secondary N) is 1. The average molecular weight is 203 g/mol. The molecule has 0 aliphatic heterocycles. The first-order chi connectivity index (χ1) is 6.50. The van der Waals surface area contributed by atoms with Crippen LogP contribution in [0.5, 0.6) is 5.88 Å². The fraction of sp³-hybridized carbons (Fsp3) is 0.444. The predicted octanol–water partition coefficient (Wildman–Crippen LogP) is 2.10. The van der Waals surface area contributed by atoms with Gasteiger partial charge in [0.1, 0.15) is 0 Å². The van der Waals surface area contributed by atoms with Gasteiger partial charge in [-0.2, -0.15) is 8.78 Å². The molecule has 78 valence electrons. The molecule has 0 unspecified atom stereocenters. The summed E-state index contributed by atoms with van der Waals surface area (Å²) in [5.41, 5.74) is 0.106. The summed E-state index contributed by atoms with van der Waals surface area (Å²) >= 11 is 0. The van der Waals surface area contributed by atoms with Crippen LogP contribution < -0.4 is 10.3 Å². The number of halogens is 2. The van der Waals surface area contributed by atoms with Gasteiger partial charge in [0.05, 0.1) is 0 Å². The van der Waals surface area contributed by atoms with E-state index in [9.17, 15) is 13.6 Å². The molecule has 0 atom stereocenters. The van der Waals surface area contributed by atoms with Gasteiger partial charge in [-0.05, 0) is 12.0 Å². The summed E-state index contributed by atoms with van der Waals surface area (Å²) in [4.78, 5) is 13.1. The third-order valence-corrected chi connectivity index (χ3v) is 1.74. The molecule has 0 fully saturated rings. The molecule has 0 radical (unpaired) electrons. The van der Waals surface area contributed by atoms with E-state index in [1.54, 1.807) is 0 Å². The lowest BCUT2D eigenvalue weighted by Gasteiger charge is -2.11. The van der Waals surface area contributed by atoms with Crippen LogP contribution in [0.1, 0.15) is 25.3 Å². The molecule has 14 heavy (non-hydrogen) atoms. The molecule has 5 heteroatoms. The van der Waals surface area contributed by atoms with Crippen molar-refractivity contribution in [2.75, 3.05) is 0 Å². The number of pyridine rings is 1. The average Bonchev–Trinajstić information content (AvgIpc) is 2.01. The molecule has 1 aromatic heterocycles. The van der Waals surface area contributed by atoms with Crippen LogP contribution in [0.15, 0.2) is 16.9 Å². The number of H-pyrrole nitrogens is 1. The lowest BCUT2D eigenvalue weighted by Crippen LogP contribution is -2.13. The number of alkyl halides is 2. The van der Waals surface area contributed by atoms with Crippen LogP contribution in [-0.2, 0) is 0 Å². The Hall–Kier alpha value is -1.39. The van der Waals surface area contributed by atoms with Crippen molar-refractivity contribution >= 4 is 0 Å². The Kier molecular flexibility index (Phi) is 3.22. The molecule has 1 rings (SSSR count). The number of ether oxygens (including phenoxy) is 1. The maximum absolute atomic E-state index is 12.0. The van der Waals surface area contributed by atoms with Crippen LogP contribution in [0, 0.1) is 0 Å². The summed E-state index contributed by atoms with van der Waals surface area (Å²) in [5.74, 6) is -0.136. The summed E-state index contributed by atoms with van der Waals surface area (Å²) in [6, 6.07) is 2.77. The lowest BCUT2D eigenvalue weighted by molar-refractivity contribution is -0.0537. The molecule has 0 saturated heterocycles. The van der Waals surface area contributed by atoms with E-state index in [1.165, 1.54) is 12.1 Å². The molecular formula is C9H11F2NO2. The molecule has 0 bridgehead atoms. The molecule has 1 heterocycles. The van der Waals surface area contributed by atoms with Crippen LogP contribution in [0.3, 0.4) is 0 Å². The third kappa shape index (κ3) is 2.55. The van der Waals surface area contributed by atoms with Gasteiger partial charge >= 0.3 is 6.61 Å². The van der Waals surface area contributed by atoms with Gasteiger partial charge < -0.3 is 4.74 Å². The number of aromatic amines is 1. The Morgan fingerprint density at radius 2 is 2.00 bits per heavy atom. The van der Waals surface area contributed by atoms with Gasteiger partial charge in [-0.1, -0.05) is 13.8 Å². The van der Waals surface area contributed by atoms with Gasteiger partial charge in [0, 0.05) is 11.6 Å². The fourth-order valence-corrected chi connectivity index (χ4v) is 1.11. The Bertz CT molecular complexity index is 360. The van der Waals surface area contributed by atoms with Crippen molar-refractivity contribution in [3.8, 4) is 5.88 Å². The van der Waals surface area contributed by atoms with E-state index in [2.05, 4.69) is 9.72 Å². The van der Waals surface area contributed by atoms with Gasteiger partial charge in [0.15, 0.2) is 0 Å². The molecule has 3 nitrogen and oxygen atoms in total. The maximum atomic E-state index is 12.0. The van der Waals surface area contributed by atoms with Crippen molar-refractivity contribution in [2.45, 2.75) is 26.4 Å². The molecule has 0 aromatic carbocycles. The van der Waals surface area contributed by atoms with Crippen molar-refractivity contribution in [3.05, 3.63) is 28.0 Å². The highest BCUT2D eigenvalue weighted by Gasteiger charge is 2.12. The second-order valence-corrected chi connectivity index (χ2v) is 3.14. The van der Waals surface area contributed by atoms with E-state index in [-0.39, 0.29) is 11.8 Å². The molecule has 0 amide bonds. The van der Waals surface area contributed by atoms with Gasteiger partial charge in [-0.25, -0.2) is 0 Å². The minimum atomic E-state index is -2.93. The van der Waals surface area contributed by atoms with E-state index in [1.807, 2.05) is 13.8 Å². The monoisotopic (exact) mass is 203 g/mol. The van der Waals surface area contributed by atoms with Crippen LogP contribution in [0.2, 0.25) is 0 Å². The van der Waals surface area contributed by atoms with E-state index >= 15 is 0 Å². The predicted molar refractivity (Wildman–Crippen MR) is 47.8 cm³/mol. The van der Waals surface area contributed by atoms with Crippen LogP contribution in [0.25, 0.3) is 0 Å². The van der Waals surface area contributed by atoms with Gasteiger partial charge in [0.2, 0.25) is 5.88 Å². The molecular weight excluding hydrogens is 192 g/mol. The van der Waals surface area contributed by atoms with Gasteiger partial charge in [-0.3, -0.25) is 9.78 Å². The second kappa shape index (κ2) is 4.21. The second-order valence-electron chi connectivity index (χ2n) is 3.14. The number of aromatic nitrogens is 1. The lowest BCUT2D eigenvalue weighted by atomic mass is 10.1. The Morgan fingerprint density at radius 1 is 1.36 bits per heavy atom. The molecule has 0 spiro atoms. The zero-order valence-electron chi connectivity index (χ0n) is 7.88. The molecule has 1 aromatic rings. The Labute approximate surface area is 79.7 Å². The quantitative estimate of drug-likeness (QED) is 0.817. The van der Waals surface area contributed by atoms with E-state index in [4.69, 9.17) is 0 Å². The van der Waals surface area contributed by atoms with Crippen molar-refractivity contribution in [1.82, 2.24) is 4.98 Å². The van der Waals surface area contributed by atoms with Crippen LogP contribution in [-0.4, -0.2) is 11.6 Å². The fourth-order valence-electron chi connectivity index (χ4n) is 1.11. The highest BCUT2D eigenvalue weighted by molar-refractivity contribution is 5.28. The van der Waals surface area contributed by atoms with E-state index < -0.39 is 12.2 Å². The summed E-state index contributed by atoms with van der Waals surface area (Å²) in [7, 11) is 0. The number of rotatable bonds is 3. The van der Waals surface area contributed by atoms with Crippen LogP contribution >= 0.6 is 0 Å². The van der Waals surface area contributed by atoms with Crippen molar-refractivity contribution in [2.24, 2.45) is 0 Å².